The van der Waals surface area contributed by atoms with Crippen molar-refractivity contribution in [2.45, 2.75) is 13.0 Å². The lowest BCUT2D eigenvalue weighted by molar-refractivity contribution is 0.0787. The third-order valence-electron chi connectivity index (χ3n) is 3.74. The van der Waals surface area contributed by atoms with Crippen LogP contribution in [0.4, 0.5) is 0 Å². The molecule has 1 saturated heterocycles. The van der Waals surface area contributed by atoms with Crippen molar-refractivity contribution >= 4 is 5.91 Å². The van der Waals surface area contributed by atoms with Crippen LogP contribution in [0.3, 0.4) is 0 Å². The van der Waals surface area contributed by atoms with Crippen LogP contribution in [0.5, 0.6) is 0 Å². The number of nitrogens with zero attached hydrogens (tertiary/aromatic N) is 2. The van der Waals surface area contributed by atoms with E-state index in [1.807, 2.05) is 44.2 Å². The Morgan fingerprint density at radius 3 is 2.95 bits per heavy atom. The minimum absolute atomic E-state index is 0.171. The summed E-state index contributed by atoms with van der Waals surface area (Å²) in [5.41, 5.74) is 2.00. The summed E-state index contributed by atoms with van der Waals surface area (Å²) in [5, 5.41) is 3.20. The van der Waals surface area contributed by atoms with Crippen molar-refractivity contribution in [1.82, 2.24) is 15.1 Å². The molecule has 1 heterocycles. The Morgan fingerprint density at radius 1 is 1.45 bits per heavy atom. The summed E-state index contributed by atoms with van der Waals surface area (Å²) in [5.74, 6) is 0.762. The predicted molar refractivity (Wildman–Crippen MR) is 81.8 cm³/mol. The van der Waals surface area contributed by atoms with Crippen molar-refractivity contribution in [1.29, 1.82) is 0 Å². The first kappa shape index (κ1) is 15.0. The second kappa shape index (κ2) is 6.86. The smallest absolute Gasteiger partial charge is 0.253 e. The summed E-state index contributed by atoms with van der Waals surface area (Å²) < 4.78 is 0. The molecule has 4 heteroatoms. The normalized spacial score (nSPS) is 18.8. The van der Waals surface area contributed by atoms with Crippen molar-refractivity contribution in [2.75, 3.05) is 40.8 Å². The maximum atomic E-state index is 12.5. The monoisotopic (exact) mass is 275 g/mol. The molecule has 0 bridgehead atoms. The number of nitrogens with one attached hydrogen (secondary N) is 1. The van der Waals surface area contributed by atoms with E-state index in [0.29, 0.717) is 5.92 Å². The average Bonchev–Trinajstić information content (AvgIpc) is 2.86. The molecule has 1 atom stereocenters. The fourth-order valence-corrected chi connectivity index (χ4v) is 2.82. The van der Waals surface area contributed by atoms with Crippen molar-refractivity contribution in [3.05, 3.63) is 35.4 Å². The second-order valence-corrected chi connectivity index (χ2v) is 5.90. The molecule has 1 fully saturated rings. The lowest BCUT2D eigenvalue weighted by atomic mass is 10.1. The molecule has 0 radical (unpaired) electrons. The summed E-state index contributed by atoms with van der Waals surface area (Å²) in [4.78, 5) is 16.6. The van der Waals surface area contributed by atoms with E-state index in [1.54, 1.807) is 0 Å². The molecule has 0 saturated carbocycles. The number of hydrogen-bond donors (Lipinski definition) is 1. The van der Waals surface area contributed by atoms with Gasteiger partial charge in [0.25, 0.3) is 5.91 Å². The fourth-order valence-electron chi connectivity index (χ4n) is 2.82. The maximum Gasteiger partial charge on any atom is 0.253 e. The highest BCUT2D eigenvalue weighted by molar-refractivity contribution is 5.94. The van der Waals surface area contributed by atoms with Crippen LogP contribution in [0.1, 0.15) is 22.3 Å². The van der Waals surface area contributed by atoms with Crippen molar-refractivity contribution in [2.24, 2.45) is 5.92 Å². The summed E-state index contributed by atoms with van der Waals surface area (Å²) in [6, 6.07) is 8.00. The highest BCUT2D eigenvalue weighted by Gasteiger charge is 2.26. The van der Waals surface area contributed by atoms with Gasteiger partial charge in [0.1, 0.15) is 0 Å². The zero-order chi connectivity index (χ0) is 14.5. The zero-order valence-corrected chi connectivity index (χ0v) is 12.7. The molecule has 1 N–H and O–H groups in total. The minimum atomic E-state index is 0.171. The summed E-state index contributed by atoms with van der Waals surface area (Å²) >= 11 is 0. The number of hydrogen-bond acceptors (Lipinski definition) is 3. The van der Waals surface area contributed by atoms with Crippen molar-refractivity contribution < 1.29 is 4.79 Å². The first-order chi connectivity index (χ1) is 9.60. The van der Waals surface area contributed by atoms with Gasteiger partial charge in [-0.2, -0.15) is 0 Å². The van der Waals surface area contributed by atoms with Gasteiger partial charge in [0.05, 0.1) is 0 Å². The molecule has 0 aromatic heterocycles. The van der Waals surface area contributed by atoms with E-state index in [4.69, 9.17) is 0 Å². The highest BCUT2D eigenvalue weighted by atomic mass is 16.2. The molecule has 1 aromatic carbocycles. The number of rotatable bonds is 5. The average molecular weight is 275 g/mol. The van der Waals surface area contributed by atoms with Crippen LogP contribution < -0.4 is 5.32 Å². The molecule has 1 aliphatic heterocycles. The third-order valence-corrected chi connectivity index (χ3v) is 3.74. The highest BCUT2D eigenvalue weighted by Crippen LogP contribution is 2.19. The Labute approximate surface area is 121 Å². The molecule has 0 spiro atoms. The first-order valence-corrected chi connectivity index (χ1v) is 7.27. The minimum Gasteiger partial charge on any atom is -0.338 e. The van der Waals surface area contributed by atoms with Crippen molar-refractivity contribution in [3.63, 3.8) is 0 Å². The predicted octanol–water partition coefficient (Wildman–Crippen LogP) is 1.43. The van der Waals surface area contributed by atoms with Gasteiger partial charge in [0.15, 0.2) is 0 Å². The lowest BCUT2D eigenvalue weighted by Crippen LogP contribution is -2.30. The van der Waals surface area contributed by atoms with E-state index in [0.717, 1.165) is 38.2 Å². The number of amides is 1. The number of likely N-dealkylation sites (tertiary alicyclic amines) is 1. The largest absolute Gasteiger partial charge is 0.338 e. The van der Waals surface area contributed by atoms with Crippen LogP contribution in [0.15, 0.2) is 24.3 Å². The topological polar surface area (TPSA) is 35.6 Å². The summed E-state index contributed by atoms with van der Waals surface area (Å²) in [6.07, 6.45) is 1.10. The van der Waals surface area contributed by atoms with Crippen LogP contribution in [-0.4, -0.2) is 56.5 Å². The van der Waals surface area contributed by atoms with Crippen LogP contribution >= 0.6 is 0 Å². The molecule has 20 heavy (non-hydrogen) atoms. The van der Waals surface area contributed by atoms with E-state index in [1.165, 1.54) is 5.56 Å². The summed E-state index contributed by atoms with van der Waals surface area (Å²) in [6.45, 7) is 3.61. The molecule has 1 aromatic rings. The van der Waals surface area contributed by atoms with Gasteiger partial charge < -0.3 is 15.1 Å². The number of benzene rings is 1. The van der Waals surface area contributed by atoms with Crippen LogP contribution in [0.2, 0.25) is 0 Å². The van der Waals surface area contributed by atoms with Gasteiger partial charge in [-0.25, -0.2) is 0 Å². The second-order valence-electron chi connectivity index (χ2n) is 5.90. The van der Waals surface area contributed by atoms with Crippen molar-refractivity contribution in [3.8, 4) is 0 Å². The first-order valence-electron chi connectivity index (χ1n) is 7.27. The Kier molecular flexibility index (Phi) is 5.15. The standard InChI is InChI=1S/C16H25N3O/c1-17-10-14-7-8-19(12-14)16(20)15-6-4-5-13(9-15)11-18(2)3/h4-6,9,14,17H,7-8,10-12H2,1-3H3. The molecule has 0 aliphatic carbocycles. The van der Waals surface area contributed by atoms with Crippen LogP contribution in [0, 0.1) is 5.92 Å². The SMILES string of the molecule is CNCC1CCN(C(=O)c2cccc(CN(C)C)c2)C1. The van der Waals surface area contributed by atoms with E-state index >= 15 is 0 Å². The van der Waals surface area contributed by atoms with Gasteiger partial charge in [-0.3, -0.25) is 4.79 Å². The molecule has 110 valence electrons. The molecular weight excluding hydrogens is 250 g/mol. The van der Waals surface area contributed by atoms with Gasteiger partial charge in [-0.05, 0) is 57.7 Å². The Morgan fingerprint density at radius 2 is 2.25 bits per heavy atom. The molecule has 1 aliphatic rings. The van der Waals surface area contributed by atoms with E-state index in [-0.39, 0.29) is 5.91 Å². The Hall–Kier alpha value is -1.39. The Balaban J connectivity index is 2.02. The molecular formula is C16H25N3O. The zero-order valence-electron chi connectivity index (χ0n) is 12.7. The summed E-state index contributed by atoms with van der Waals surface area (Å²) in [7, 11) is 6.05. The van der Waals surface area contributed by atoms with Gasteiger partial charge in [0.2, 0.25) is 0 Å². The number of carbonyl (C=O) groups excluding carboxylic acids is 1. The number of carbonyl (C=O) groups is 1. The molecule has 2 rings (SSSR count). The van der Waals surface area contributed by atoms with Gasteiger partial charge in [-0.15, -0.1) is 0 Å². The lowest BCUT2D eigenvalue weighted by Gasteiger charge is -2.17. The van der Waals surface area contributed by atoms with Gasteiger partial charge >= 0.3 is 0 Å². The van der Waals surface area contributed by atoms with E-state index < -0.39 is 0 Å². The van der Waals surface area contributed by atoms with Crippen LogP contribution in [0.25, 0.3) is 0 Å². The van der Waals surface area contributed by atoms with Gasteiger partial charge in [0, 0.05) is 25.2 Å². The van der Waals surface area contributed by atoms with Crippen LogP contribution in [-0.2, 0) is 6.54 Å². The van der Waals surface area contributed by atoms with E-state index in [2.05, 4.69) is 16.3 Å². The third kappa shape index (κ3) is 3.81. The molecule has 1 unspecified atom stereocenters. The maximum absolute atomic E-state index is 12.5. The molecule has 1 amide bonds. The quantitative estimate of drug-likeness (QED) is 0.883. The fraction of sp³-hybridized carbons (Fsp3) is 0.562. The Bertz CT molecular complexity index is 459. The molecule has 4 nitrogen and oxygen atoms in total. The van der Waals surface area contributed by atoms with E-state index in [9.17, 15) is 4.79 Å². The van der Waals surface area contributed by atoms with Gasteiger partial charge in [-0.1, -0.05) is 12.1 Å².